The smallest absolute Gasteiger partial charge is 0.305 e. The largest absolute Gasteiger partial charge is 0.486 e. The first kappa shape index (κ1) is 13.2. The van der Waals surface area contributed by atoms with Crippen molar-refractivity contribution in [3.8, 4) is 11.5 Å². The number of benzene rings is 1. The Balaban J connectivity index is 2.44. The van der Waals surface area contributed by atoms with Gasteiger partial charge in [-0.25, -0.2) is 0 Å². The number of aliphatic carboxylic acids is 1. The van der Waals surface area contributed by atoms with Gasteiger partial charge in [-0.15, -0.1) is 0 Å². The van der Waals surface area contributed by atoms with Gasteiger partial charge in [0, 0.05) is 6.04 Å². The fourth-order valence-electron chi connectivity index (χ4n) is 2.03. The Morgan fingerprint density at radius 1 is 1.56 bits per heavy atom. The van der Waals surface area contributed by atoms with Gasteiger partial charge in [-0.3, -0.25) is 4.79 Å². The highest BCUT2D eigenvalue weighted by Gasteiger charge is 2.24. The summed E-state index contributed by atoms with van der Waals surface area (Å²) in [6.07, 6.45) is -0.126. The Morgan fingerprint density at radius 2 is 2.22 bits per heavy atom. The molecule has 0 saturated heterocycles. The van der Waals surface area contributed by atoms with Crippen molar-refractivity contribution in [3.63, 3.8) is 0 Å². The quantitative estimate of drug-likeness (QED) is 0.891. The molecule has 1 aliphatic heterocycles. The van der Waals surface area contributed by atoms with E-state index in [1.165, 1.54) is 0 Å². The van der Waals surface area contributed by atoms with E-state index in [0.29, 0.717) is 29.2 Å². The second-order valence-electron chi connectivity index (χ2n) is 4.15. The number of aryl methyl sites for hydroxylation is 1. The monoisotopic (exact) mass is 315 g/mol. The van der Waals surface area contributed by atoms with Crippen LogP contribution in [0.2, 0.25) is 0 Å². The van der Waals surface area contributed by atoms with Gasteiger partial charge in [-0.1, -0.05) is 0 Å². The van der Waals surface area contributed by atoms with Crippen molar-refractivity contribution in [1.82, 2.24) is 0 Å². The lowest BCUT2D eigenvalue weighted by Gasteiger charge is -2.24. The highest BCUT2D eigenvalue weighted by Crippen LogP contribution is 2.43. The average molecular weight is 316 g/mol. The Morgan fingerprint density at radius 3 is 2.89 bits per heavy atom. The third-order valence-corrected chi connectivity index (χ3v) is 3.57. The minimum absolute atomic E-state index is 0.126. The lowest BCUT2D eigenvalue weighted by atomic mass is 9.98. The van der Waals surface area contributed by atoms with Crippen LogP contribution in [0, 0.1) is 6.92 Å². The first-order chi connectivity index (χ1) is 8.50. The van der Waals surface area contributed by atoms with Gasteiger partial charge in [0.25, 0.3) is 0 Å². The molecule has 1 heterocycles. The van der Waals surface area contributed by atoms with Crippen molar-refractivity contribution in [2.75, 3.05) is 13.2 Å². The number of halogens is 1. The molecule has 0 radical (unpaired) electrons. The van der Waals surface area contributed by atoms with Crippen molar-refractivity contribution in [2.24, 2.45) is 5.73 Å². The second-order valence-corrected chi connectivity index (χ2v) is 4.94. The molecule has 18 heavy (non-hydrogen) atoms. The zero-order valence-electron chi connectivity index (χ0n) is 9.90. The summed E-state index contributed by atoms with van der Waals surface area (Å²) < 4.78 is 11.7. The van der Waals surface area contributed by atoms with Crippen molar-refractivity contribution < 1.29 is 19.4 Å². The minimum Gasteiger partial charge on any atom is -0.486 e. The number of nitrogens with two attached hydrogens (primary N) is 1. The summed E-state index contributed by atoms with van der Waals surface area (Å²) in [5.41, 5.74) is 7.56. The minimum atomic E-state index is -0.927. The predicted octanol–water partition coefficient (Wildman–Crippen LogP) is 2.00. The number of carboxylic acid groups (broad SMARTS) is 1. The van der Waals surface area contributed by atoms with Crippen LogP contribution in [0.4, 0.5) is 0 Å². The number of hydrogen-bond donors (Lipinski definition) is 2. The number of fused-ring (bicyclic) bond motifs is 1. The maximum Gasteiger partial charge on any atom is 0.305 e. The zero-order chi connectivity index (χ0) is 13.3. The van der Waals surface area contributed by atoms with Crippen molar-refractivity contribution >= 4 is 21.9 Å². The lowest BCUT2D eigenvalue weighted by molar-refractivity contribution is -0.137. The van der Waals surface area contributed by atoms with Gasteiger partial charge in [-0.2, -0.15) is 0 Å². The number of ether oxygens (including phenoxy) is 2. The van der Waals surface area contributed by atoms with E-state index in [2.05, 4.69) is 15.9 Å². The maximum absolute atomic E-state index is 10.7. The molecule has 3 N–H and O–H groups in total. The van der Waals surface area contributed by atoms with Crippen LogP contribution in [0.1, 0.15) is 23.6 Å². The fourth-order valence-corrected chi connectivity index (χ4v) is 2.94. The van der Waals surface area contributed by atoms with Crippen LogP contribution in [0.3, 0.4) is 0 Å². The summed E-state index contributed by atoms with van der Waals surface area (Å²) in [5, 5.41) is 8.81. The van der Waals surface area contributed by atoms with Gasteiger partial charge in [0.1, 0.15) is 13.2 Å². The topological polar surface area (TPSA) is 81.8 Å². The molecular weight excluding hydrogens is 302 g/mol. The van der Waals surface area contributed by atoms with E-state index in [4.69, 9.17) is 20.3 Å². The number of carbonyl (C=O) groups is 1. The van der Waals surface area contributed by atoms with E-state index in [0.717, 1.165) is 11.1 Å². The highest BCUT2D eigenvalue weighted by molar-refractivity contribution is 9.10. The molecule has 1 aromatic rings. The van der Waals surface area contributed by atoms with Crippen LogP contribution in [0.5, 0.6) is 11.5 Å². The molecule has 0 bridgehead atoms. The molecule has 0 aliphatic carbocycles. The molecule has 0 spiro atoms. The summed E-state index contributed by atoms with van der Waals surface area (Å²) in [7, 11) is 0. The highest BCUT2D eigenvalue weighted by atomic mass is 79.9. The molecule has 6 heteroatoms. The van der Waals surface area contributed by atoms with Crippen LogP contribution >= 0.6 is 15.9 Å². The first-order valence-corrected chi connectivity index (χ1v) is 6.36. The molecule has 98 valence electrons. The van der Waals surface area contributed by atoms with E-state index >= 15 is 0 Å². The first-order valence-electron chi connectivity index (χ1n) is 5.56. The number of rotatable bonds is 3. The molecule has 0 saturated carbocycles. The van der Waals surface area contributed by atoms with Gasteiger partial charge in [0.15, 0.2) is 11.5 Å². The molecule has 1 atom stereocenters. The van der Waals surface area contributed by atoms with E-state index in [9.17, 15) is 4.79 Å². The molecule has 5 nitrogen and oxygen atoms in total. The van der Waals surface area contributed by atoms with Gasteiger partial charge < -0.3 is 20.3 Å². The van der Waals surface area contributed by atoms with Crippen molar-refractivity contribution in [1.29, 1.82) is 0 Å². The maximum atomic E-state index is 10.7. The Hall–Kier alpha value is -1.27. The van der Waals surface area contributed by atoms with Crippen molar-refractivity contribution in [2.45, 2.75) is 19.4 Å². The summed E-state index contributed by atoms with van der Waals surface area (Å²) >= 11 is 3.43. The molecule has 0 fully saturated rings. The summed E-state index contributed by atoms with van der Waals surface area (Å²) in [5.74, 6) is 0.336. The molecular formula is C12H14BrNO4. The summed E-state index contributed by atoms with van der Waals surface area (Å²) in [6, 6.07) is 1.25. The van der Waals surface area contributed by atoms with Gasteiger partial charge >= 0.3 is 5.97 Å². The van der Waals surface area contributed by atoms with E-state index in [1.54, 1.807) is 0 Å². The van der Waals surface area contributed by atoms with Crippen LogP contribution in [-0.4, -0.2) is 24.3 Å². The average Bonchev–Trinajstić information content (AvgIpc) is 2.27. The molecule has 1 aromatic carbocycles. The third-order valence-electron chi connectivity index (χ3n) is 2.78. The predicted molar refractivity (Wildman–Crippen MR) is 69.1 cm³/mol. The Kier molecular flexibility index (Phi) is 3.77. The van der Waals surface area contributed by atoms with E-state index in [1.807, 2.05) is 13.0 Å². The fraction of sp³-hybridized carbons (Fsp3) is 0.417. The lowest BCUT2D eigenvalue weighted by Crippen LogP contribution is -2.20. The van der Waals surface area contributed by atoms with Crippen LogP contribution in [0.25, 0.3) is 0 Å². The van der Waals surface area contributed by atoms with Gasteiger partial charge in [-0.05, 0) is 40.0 Å². The van der Waals surface area contributed by atoms with Crippen LogP contribution in [0.15, 0.2) is 10.5 Å². The molecule has 1 unspecified atom stereocenters. The van der Waals surface area contributed by atoms with Gasteiger partial charge in [0.05, 0.1) is 10.9 Å². The molecule has 1 aliphatic rings. The SMILES string of the molecule is Cc1cc2c(c(Br)c1C(N)CC(=O)O)OCCO2. The van der Waals surface area contributed by atoms with Crippen LogP contribution in [-0.2, 0) is 4.79 Å². The standard InChI is InChI=1S/C12H14BrNO4/c1-6-4-8-12(18-3-2-17-8)11(13)10(6)7(14)5-9(15)16/h4,7H,2-3,5,14H2,1H3,(H,15,16). The molecule has 2 rings (SSSR count). The third kappa shape index (κ3) is 2.44. The molecule has 0 amide bonds. The summed E-state index contributed by atoms with van der Waals surface area (Å²) in [4.78, 5) is 10.7. The van der Waals surface area contributed by atoms with E-state index < -0.39 is 12.0 Å². The van der Waals surface area contributed by atoms with E-state index in [-0.39, 0.29) is 6.42 Å². The van der Waals surface area contributed by atoms with Crippen LogP contribution < -0.4 is 15.2 Å². The second kappa shape index (κ2) is 5.16. The Labute approximate surface area is 113 Å². The van der Waals surface area contributed by atoms with Gasteiger partial charge in [0.2, 0.25) is 0 Å². The zero-order valence-corrected chi connectivity index (χ0v) is 11.5. The van der Waals surface area contributed by atoms with Crippen molar-refractivity contribution in [3.05, 3.63) is 21.7 Å². The molecule has 0 aromatic heterocycles. The number of carboxylic acids is 1. The Bertz CT molecular complexity index is 489. The normalized spacial score (nSPS) is 15.3. The number of hydrogen-bond acceptors (Lipinski definition) is 4. The summed E-state index contributed by atoms with van der Waals surface area (Å²) in [6.45, 7) is 2.86.